The van der Waals surface area contributed by atoms with Gasteiger partial charge in [0.15, 0.2) is 0 Å². The largest absolute Gasteiger partial charge is 0.493 e. The summed E-state index contributed by atoms with van der Waals surface area (Å²) in [5, 5.41) is 18.8. The van der Waals surface area contributed by atoms with Crippen LogP contribution in [0, 0.1) is 5.92 Å². The van der Waals surface area contributed by atoms with Gasteiger partial charge < -0.3 is 19.7 Å². The van der Waals surface area contributed by atoms with E-state index >= 15 is 0 Å². The summed E-state index contributed by atoms with van der Waals surface area (Å²) in [6.45, 7) is 3.58. The molecule has 196 valence electrons. The van der Waals surface area contributed by atoms with Crippen LogP contribution in [0.5, 0.6) is 11.6 Å². The molecule has 7 nitrogen and oxygen atoms in total. The van der Waals surface area contributed by atoms with E-state index in [-0.39, 0.29) is 30.6 Å². The number of halogens is 3. The van der Waals surface area contributed by atoms with Crippen LogP contribution in [0.15, 0.2) is 54.9 Å². The highest BCUT2D eigenvalue weighted by atomic mass is 19.4. The summed E-state index contributed by atoms with van der Waals surface area (Å²) >= 11 is 0. The van der Waals surface area contributed by atoms with E-state index in [0.29, 0.717) is 35.4 Å². The van der Waals surface area contributed by atoms with Crippen LogP contribution in [0.1, 0.15) is 49.4 Å². The SMILES string of the molecule is CC(C)(O)CCOc1ccc(-c2cc(COc3cnc([C@H]4C[C@@H]4C(=O)O)cn3)ccc2C(F)(F)F)cc1. The first-order valence-corrected chi connectivity index (χ1v) is 11.7. The quantitative estimate of drug-likeness (QED) is 0.369. The fourth-order valence-corrected chi connectivity index (χ4v) is 3.86. The topological polar surface area (TPSA) is 102 Å². The number of carboxylic acids is 1. The van der Waals surface area contributed by atoms with Gasteiger partial charge in [-0.05, 0) is 61.2 Å². The van der Waals surface area contributed by atoms with E-state index in [2.05, 4.69) is 9.97 Å². The van der Waals surface area contributed by atoms with Crippen LogP contribution >= 0.6 is 0 Å². The van der Waals surface area contributed by atoms with Crippen LogP contribution in [-0.2, 0) is 17.6 Å². The molecule has 0 amide bonds. The van der Waals surface area contributed by atoms with Crippen molar-refractivity contribution in [2.45, 2.75) is 51.0 Å². The number of aromatic nitrogens is 2. The average molecular weight is 517 g/mol. The van der Waals surface area contributed by atoms with E-state index in [0.717, 1.165) is 6.07 Å². The summed E-state index contributed by atoms with van der Waals surface area (Å²) in [5.41, 5.74) is -0.194. The minimum absolute atomic E-state index is 0.00604. The van der Waals surface area contributed by atoms with Gasteiger partial charge in [0, 0.05) is 12.3 Å². The lowest BCUT2D eigenvalue weighted by Gasteiger charge is -2.17. The Bertz CT molecular complexity index is 1240. The Labute approximate surface area is 211 Å². The van der Waals surface area contributed by atoms with Crippen molar-refractivity contribution in [3.63, 3.8) is 0 Å². The second kappa shape index (κ2) is 10.4. The zero-order valence-electron chi connectivity index (χ0n) is 20.3. The molecule has 3 aromatic rings. The summed E-state index contributed by atoms with van der Waals surface area (Å²) < 4.78 is 52.4. The van der Waals surface area contributed by atoms with Gasteiger partial charge in [-0.3, -0.25) is 9.78 Å². The normalized spacial score (nSPS) is 17.4. The lowest BCUT2D eigenvalue weighted by atomic mass is 9.97. The molecule has 2 aromatic carbocycles. The first-order valence-electron chi connectivity index (χ1n) is 11.7. The van der Waals surface area contributed by atoms with Crippen LogP contribution in [0.4, 0.5) is 13.2 Å². The molecule has 1 saturated carbocycles. The maximum atomic E-state index is 13.7. The number of ether oxygens (including phenoxy) is 2. The molecule has 37 heavy (non-hydrogen) atoms. The molecule has 1 aliphatic rings. The minimum atomic E-state index is -4.55. The predicted octanol–water partition coefficient (Wildman–Crippen LogP) is 5.47. The zero-order valence-corrected chi connectivity index (χ0v) is 20.3. The van der Waals surface area contributed by atoms with Crippen molar-refractivity contribution in [2.75, 3.05) is 6.61 Å². The molecule has 2 atom stereocenters. The molecule has 1 heterocycles. The van der Waals surface area contributed by atoms with E-state index in [1.165, 1.54) is 24.5 Å². The second-order valence-corrected chi connectivity index (χ2v) is 9.67. The Kier molecular flexibility index (Phi) is 7.40. The van der Waals surface area contributed by atoms with Gasteiger partial charge in [0.1, 0.15) is 12.4 Å². The number of hydrogen-bond donors (Lipinski definition) is 2. The monoisotopic (exact) mass is 516 g/mol. The highest BCUT2D eigenvalue weighted by Crippen LogP contribution is 2.46. The molecule has 0 bridgehead atoms. The van der Waals surface area contributed by atoms with Crippen LogP contribution < -0.4 is 9.47 Å². The number of hydrogen-bond acceptors (Lipinski definition) is 6. The summed E-state index contributed by atoms with van der Waals surface area (Å²) in [6.07, 6.45) is -0.771. The molecule has 0 unspecified atom stereocenters. The van der Waals surface area contributed by atoms with Crippen LogP contribution in [0.2, 0.25) is 0 Å². The van der Waals surface area contributed by atoms with Crippen molar-refractivity contribution in [1.29, 1.82) is 0 Å². The lowest BCUT2D eigenvalue weighted by molar-refractivity contribution is -0.139. The van der Waals surface area contributed by atoms with Crippen molar-refractivity contribution in [1.82, 2.24) is 9.97 Å². The number of rotatable bonds is 10. The van der Waals surface area contributed by atoms with Gasteiger partial charge in [-0.15, -0.1) is 0 Å². The van der Waals surface area contributed by atoms with Crippen molar-refractivity contribution in [3.05, 3.63) is 71.7 Å². The standard InChI is InChI=1S/C27H27F3N2O5/c1-26(2,35)9-10-36-18-6-4-17(5-7-18)19-11-16(3-8-22(19)27(28,29)30)15-37-24-14-31-23(13-32-24)20-12-21(20)25(33)34/h3-8,11,13-14,20-21,35H,9-10,12,15H2,1-2H3,(H,33,34)/t20-,21-/m0/s1. The van der Waals surface area contributed by atoms with Gasteiger partial charge in [0.05, 0.1) is 41.8 Å². The van der Waals surface area contributed by atoms with Gasteiger partial charge >= 0.3 is 12.1 Å². The highest BCUT2D eigenvalue weighted by molar-refractivity contribution is 5.75. The molecule has 0 radical (unpaired) electrons. The summed E-state index contributed by atoms with van der Waals surface area (Å²) in [7, 11) is 0. The van der Waals surface area contributed by atoms with Crippen LogP contribution in [0.25, 0.3) is 11.1 Å². The van der Waals surface area contributed by atoms with Gasteiger partial charge in [0.25, 0.3) is 0 Å². The number of aliphatic hydroxyl groups is 1. The Morgan fingerprint density at radius 3 is 2.35 bits per heavy atom. The smallest absolute Gasteiger partial charge is 0.417 e. The second-order valence-electron chi connectivity index (χ2n) is 9.67. The van der Waals surface area contributed by atoms with Crippen molar-refractivity contribution >= 4 is 5.97 Å². The third-order valence-corrected chi connectivity index (χ3v) is 6.06. The highest BCUT2D eigenvalue weighted by Gasteiger charge is 2.45. The van der Waals surface area contributed by atoms with E-state index in [9.17, 15) is 23.1 Å². The molecule has 0 spiro atoms. The Hall–Kier alpha value is -3.66. The van der Waals surface area contributed by atoms with E-state index in [4.69, 9.17) is 14.6 Å². The van der Waals surface area contributed by atoms with Crippen LogP contribution in [-0.4, -0.2) is 38.4 Å². The predicted molar refractivity (Wildman–Crippen MR) is 128 cm³/mol. The number of benzene rings is 2. The summed E-state index contributed by atoms with van der Waals surface area (Å²) in [6, 6.07) is 10.1. The first kappa shape index (κ1) is 26.4. The molecule has 1 aliphatic carbocycles. The number of carboxylic acid groups (broad SMARTS) is 1. The molecule has 1 aromatic heterocycles. The zero-order chi connectivity index (χ0) is 26.8. The van der Waals surface area contributed by atoms with E-state index < -0.39 is 29.2 Å². The molecule has 10 heteroatoms. The van der Waals surface area contributed by atoms with Crippen LogP contribution in [0.3, 0.4) is 0 Å². The van der Waals surface area contributed by atoms with Crippen molar-refractivity contribution in [2.24, 2.45) is 5.92 Å². The fraction of sp³-hybridized carbons (Fsp3) is 0.370. The van der Waals surface area contributed by atoms with Crippen molar-refractivity contribution in [3.8, 4) is 22.8 Å². The molecule has 0 aliphatic heterocycles. The van der Waals surface area contributed by atoms with Gasteiger partial charge in [0.2, 0.25) is 5.88 Å². The fourth-order valence-electron chi connectivity index (χ4n) is 3.86. The summed E-state index contributed by atoms with van der Waals surface area (Å²) in [5.74, 6) is -0.790. The third kappa shape index (κ3) is 6.97. The van der Waals surface area contributed by atoms with Gasteiger partial charge in [-0.25, -0.2) is 4.98 Å². The van der Waals surface area contributed by atoms with Crippen molar-refractivity contribution < 1.29 is 37.7 Å². The molecule has 0 saturated heterocycles. The number of nitrogens with zero attached hydrogens (tertiary/aromatic N) is 2. The third-order valence-electron chi connectivity index (χ3n) is 6.06. The molecular formula is C27H27F3N2O5. The van der Waals surface area contributed by atoms with E-state index in [1.54, 1.807) is 38.1 Å². The molecule has 2 N–H and O–H groups in total. The minimum Gasteiger partial charge on any atom is -0.493 e. The lowest BCUT2D eigenvalue weighted by Crippen LogP contribution is -2.21. The Morgan fingerprint density at radius 1 is 1.05 bits per heavy atom. The number of alkyl halides is 3. The Morgan fingerprint density at radius 2 is 1.78 bits per heavy atom. The average Bonchev–Trinajstić information content (AvgIpc) is 3.63. The van der Waals surface area contributed by atoms with Gasteiger partial charge in [-0.2, -0.15) is 13.2 Å². The molecule has 1 fully saturated rings. The number of aliphatic carboxylic acids is 1. The summed E-state index contributed by atoms with van der Waals surface area (Å²) in [4.78, 5) is 19.4. The number of carbonyl (C=O) groups is 1. The van der Waals surface area contributed by atoms with E-state index in [1.807, 2.05) is 0 Å². The maximum absolute atomic E-state index is 13.7. The molecule has 4 rings (SSSR count). The van der Waals surface area contributed by atoms with Gasteiger partial charge in [-0.1, -0.05) is 18.2 Å². The molecular weight excluding hydrogens is 489 g/mol. The maximum Gasteiger partial charge on any atom is 0.417 e. The Balaban J connectivity index is 1.46. The first-order chi connectivity index (χ1) is 17.4.